The van der Waals surface area contributed by atoms with Crippen LogP contribution >= 0.6 is 23.2 Å². The molecule has 1 aromatic heterocycles. The van der Waals surface area contributed by atoms with Crippen LogP contribution in [-0.2, 0) is 6.61 Å². The normalized spacial score (nSPS) is 14.2. The van der Waals surface area contributed by atoms with Crippen molar-refractivity contribution < 1.29 is 23.4 Å². The molecule has 1 aliphatic heterocycles. The van der Waals surface area contributed by atoms with Gasteiger partial charge in [0, 0.05) is 38.2 Å². The zero-order valence-corrected chi connectivity index (χ0v) is 24.6. The predicted octanol–water partition coefficient (Wildman–Crippen LogP) is 8.37. The summed E-state index contributed by atoms with van der Waals surface area (Å²) in [6.07, 6.45) is 0. The average molecular weight is 611 g/mol. The van der Waals surface area contributed by atoms with Crippen molar-refractivity contribution in [2.75, 3.05) is 0 Å². The summed E-state index contributed by atoms with van der Waals surface area (Å²) in [5, 5.41) is 11.9. The number of nitrogens with zero attached hydrogens (tertiary/aromatic N) is 1. The van der Waals surface area contributed by atoms with E-state index in [1.165, 1.54) is 0 Å². The first kappa shape index (κ1) is 28.2. The molecule has 5 aromatic rings. The summed E-state index contributed by atoms with van der Waals surface area (Å²) in [6.45, 7) is 4.06. The molecule has 2 heterocycles. The van der Waals surface area contributed by atoms with Gasteiger partial charge in [0.1, 0.15) is 41.1 Å². The number of halogens is 2. The highest BCUT2D eigenvalue weighted by molar-refractivity contribution is 6.35. The lowest BCUT2D eigenvalue weighted by Gasteiger charge is -2.26. The van der Waals surface area contributed by atoms with E-state index in [1.54, 1.807) is 30.3 Å². The molecule has 9 heteroatoms. The van der Waals surface area contributed by atoms with Crippen molar-refractivity contribution in [2.45, 2.75) is 26.4 Å². The summed E-state index contributed by atoms with van der Waals surface area (Å²) >= 11 is 12.2. The molecule has 1 unspecified atom stereocenters. The molecule has 0 amide bonds. The Bertz CT molecular complexity index is 1970. The topological polar surface area (TPSA) is 108 Å². The van der Waals surface area contributed by atoms with Crippen molar-refractivity contribution >= 4 is 40.1 Å². The van der Waals surface area contributed by atoms with Crippen molar-refractivity contribution in [2.24, 2.45) is 5.73 Å². The highest BCUT2D eigenvalue weighted by atomic mass is 35.5. The lowest BCUT2D eigenvalue weighted by molar-refractivity contribution is 0.0702. The molecule has 0 aliphatic carbocycles. The molecular formula is C34H24Cl2N2O5. The predicted molar refractivity (Wildman–Crippen MR) is 164 cm³/mol. The van der Waals surface area contributed by atoms with E-state index in [0.717, 1.165) is 22.1 Å². The van der Waals surface area contributed by atoms with E-state index in [9.17, 15) is 10.1 Å². The Hall–Kier alpha value is -4.90. The van der Waals surface area contributed by atoms with Gasteiger partial charge in [-0.15, -0.1) is 0 Å². The molecule has 6 rings (SSSR count). The van der Waals surface area contributed by atoms with Gasteiger partial charge in [-0.25, -0.2) is 4.79 Å². The zero-order valence-electron chi connectivity index (χ0n) is 23.1. The highest BCUT2D eigenvalue weighted by Gasteiger charge is 2.31. The number of allylic oxidation sites excluding steroid dienone is 1. The van der Waals surface area contributed by atoms with E-state index in [-0.39, 0.29) is 29.6 Å². The van der Waals surface area contributed by atoms with Gasteiger partial charge in [0.2, 0.25) is 11.6 Å². The van der Waals surface area contributed by atoms with Gasteiger partial charge in [-0.05, 0) is 61.9 Å². The SMILES string of the molecule is Cc1ccc2oc(C(=O)Oc3ccc4c(c3)OC(N)=C(C#N)C4c3ccc(OCc4ccc(Cl)cc4Cl)cc3)c(C)c2c1. The number of rotatable bonds is 6. The molecule has 0 bridgehead atoms. The quantitative estimate of drug-likeness (QED) is 0.152. The molecule has 7 nitrogen and oxygen atoms in total. The van der Waals surface area contributed by atoms with Crippen LogP contribution in [0.5, 0.6) is 17.2 Å². The van der Waals surface area contributed by atoms with Gasteiger partial charge in [0.05, 0.1) is 5.92 Å². The van der Waals surface area contributed by atoms with Gasteiger partial charge in [-0.1, -0.05) is 59.1 Å². The Morgan fingerprint density at radius 1 is 0.977 bits per heavy atom. The Kier molecular flexibility index (Phi) is 7.49. The molecule has 2 N–H and O–H groups in total. The lowest BCUT2D eigenvalue weighted by atomic mass is 9.83. The van der Waals surface area contributed by atoms with Crippen LogP contribution < -0.4 is 19.9 Å². The van der Waals surface area contributed by atoms with Crippen LogP contribution in [0.2, 0.25) is 10.0 Å². The largest absolute Gasteiger partial charge is 0.489 e. The monoisotopic (exact) mass is 610 g/mol. The second-order valence-corrected chi connectivity index (χ2v) is 11.0. The maximum atomic E-state index is 13.1. The highest BCUT2D eigenvalue weighted by Crippen LogP contribution is 2.44. The fourth-order valence-electron chi connectivity index (χ4n) is 5.08. The fourth-order valence-corrected chi connectivity index (χ4v) is 5.54. The maximum absolute atomic E-state index is 13.1. The van der Waals surface area contributed by atoms with Gasteiger partial charge in [-0.2, -0.15) is 5.26 Å². The van der Waals surface area contributed by atoms with E-state index in [0.29, 0.717) is 38.3 Å². The maximum Gasteiger partial charge on any atom is 0.379 e. The molecule has 43 heavy (non-hydrogen) atoms. The number of carbonyl (C=O) groups excluding carboxylic acids is 1. The molecule has 0 spiro atoms. The van der Waals surface area contributed by atoms with E-state index < -0.39 is 11.9 Å². The van der Waals surface area contributed by atoms with E-state index in [4.69, 9.17) is 47.6 Å². The minimum absolute atomic E-state index is 0.0234. The molecule has 4 aromatic carbocycles. The molecule has 0 saturated carbocycles. The number of nitriles is 1. The third-order valence-electron chi connectivity index (χ3n) is 7.30. The van der Waals surface area contributed by atoms with Crippen LogP contribution in [0.15, 0.2) is 94.7 Å². The summed E-state index contributed by atoms with van der Waals surface area (Å²) < 4.78 is 23.2. The van der Waals surface area contributed by atoms with Gasteiger partial charge in [0.25, 0.3) is 0 Å². The van der Waals surface area contributed by atoms with Crippen LogP contribution in [-0.4, -0.2) is 5.97 Å². The number of fused-ring (bicyclic) bond motifs is 2. The lowest BCUT2D eigenvalue weighted by Crippen LogP contribution is -2.21. The summed E-state index contributed by atoms with van der Waals surface area (Å²) in [4.78, 5) is 13.1. The van der Waals surface area contributed by atoms with Crippen molar-refractivity contribution in [3.05, 3.63) is 134 Å². The molecule has 0 saturated heterocycles. The van der Waals surface area contributed by atoms with Gasteiger partial charge in [0.15, 0.2) is 0 Å². The molecule has 1 atom stereocenters. The molecular weight excluding hydrogens is 587 g/mol. The Balaban J connectivity index is 1.24. The second-order valence-electron chi connectivity index (χ2n) is 10.2. The van der Waals surface area contributed by atoms with E-state index >= 15 is 0 Å². The third kappa shape index (κ3) is 5.51. The van der Waals surface area contributed by atoms with Crippen molar-refractivity contribution in [1.29, 1.82) is 5.26 Å². The molecule has 0 radical (unpaired) electrons. The summed E-state index contributed by atoms with van der Waals surface area (Å²) in [6, 6.07) is 25.5. The average Bonchev–Trinajstić information content (AvgIpc) is 3.31. The number of esters is 1. The van der Waals surface area contributed by atoms with Crippen LogP contribution in [0.1, 0.15) is 44.3 Å². The number of benzene rings is 4. The molecule has 0 fully saturated rings. The summed E-state index contributed by atoms with van der Waals surface area (Å²) in [5.41, 5.74) is 11.1. The third-order valence-corrected chi connectivity index (χ3v) is 7.89. The van der Waals surface area contributed by atoms with Crippen LogP contribution in [0.4, 0.5) is 0 Å². The minimum atomic E-state index is -0.629. The smallest absolute Gasteiger partial charge is 0.379 e. The first-order valence-electron chi connectivity index (χ1n) is 13.3. The van der Waals surface area contributed by atoms with Crippen molar-refractivity contribution in [1.82, 2.24) is 0 Å². The Morgan fingerprint density at radius 3 is 2.49 bits per heavy atom. The van der Waals surface area contributed by atoms with Crippen molar-refractivity contribution in [3.63, 3.8) is 0 Å². The number of furan rings is 1. The number of carbonyl (C=O) groups is 1. The van der Waals surface area contributed by atoms with E-state index in [1.807, 2.05) is 62.4 Å². The number of hydrogen-bond donors (Lipinski definition) is 1. The molecule has 1 aliphatic rings. The van der Waals surface area contributed by atoms with E-state index in [2.05, 4.69) is 6.07 Å². The van der Waals surface area contributed by atoms with Crippen LogP contribution in [0.25, 0.3) is 11.0 Å². The second kappa shape index (κ2) is 11.4. The van der Waals surface area contributed by atoms with Gasteiger partial charge >= 0.3 is 5.97 Å². The number of ether oxygens (including phenoxy) is 3. The summed E-state index contributed by atoms with van der Waals surface area (Å²) in [7, 11) is 0. The first-order chi connectivity index (χ1) is 20.7. The number of aryl methyl sites for hydroxylation is 2. The Morgan fingerprint density at radius 2 is 1.74 bits per heavy atom. The van der Waals surface area contributed by atoms with Crippen LogP contribution in [0.3, 0.4) is 0 Å². The van der Waals surface area contributed by atoms with Gasteiger partial charge in [-0.3, -0.25) is 0 Å². The first-order valence-corrected chi connectivity index (χ1v) is 14.1. The minimum Gasteiger partial charge on any atom is -0.489 e. The standard InChI is InChI=1S/C34H24Cl2N2O5/c1-18-3-12-29-26(13-18)19(2)32(42-29)34(39)41-24-10-11-25-30(15-24)43-33(38)27(16-37)31(25)20-5-8-23(9-6-20)40-17-21-4-7-22(35)14-28(21)36/h3-15,31H,17,38H2,1-2H3. The summed E-state index contributed by atoms with van der Waals surface area (Å²) in [5.74, 6) is 0.219. The Labute approximate surface area is 257 Å². The van der Waals surface area contributed by atoms with Crippen LogP contribution in [0, 0.1) is 25.2 Å². The number of hydrogen-bond acceptors (Lipinski definition) is 7. The zero-order chi connectivity index (χ0) is 30.2. The van der Waals surface area contributed by atoms with Crippen molar-refractivity contribution in [3.8, 4) is 23.3 Å². The fraction of sp³-hybridized carbons (Fsp3) is 0.118. The number of nitrogens with two attached hydrogens (primary N) is 1. The molecule has 214 valence electrons. The van der Waals surface area contributed by atoms with Gasteiger partial charge < -0.3 is 24.4 Å².